The number of nitrogens with zero attached hydrogens (tertiary/aromatic N) is 2. The summed E-state index contributed by atoms with van der Waals surface area (Å²) in [7, 11) is 0. The fraction of sp³-hybridized carbons (Fsp3) is 0.125. The Balaban J connectivity index is 1.24. The summed E-state index contributed by atoms with van der Waals surface area (Å²) in [6, 6.07) is 43.0. The van der Waals surface area contributed by atoms with E-state index < -0.39 is 0 Å². The molecule has 3 atom stereocenters. The van der Waals surface area contributed by atoms with Crippen molar-refractivity contribution in [1.82, 2.24) is 4.57 Å². The summed E-state index contributed by atoms with van der Waals surface area (Å²) < 4.78 is 2.46. The molecule has 1 aromatic heterocycles. The Morgan fingerprint density at radius 1 is 0.600 bits per heavy atom. The summed E-state index contributed by atoms with van der Waals surface area (Å²) in [6.07, 6.45) is 26.6. The van der Waals surface area contributed by atoms with Crippen molar-refractivity contribution in [2.75, 3.05) is 4.90 Å². The smallest absolute Gasteiger partial charge is 0.0630 e. The summed E-state index contributed by atoms with van der Waals surface area (Å²) in [5.74, 6) is 0.596. The van der Waals surface area contributed by atoms with Crippen LogP contribution >= 0.6 is 0 Å². The fourth-order valence-corrected chi connectivity index (χ4v) is 8.83. The van der Waals surface area contributed by atoms with E-state index in [4.69, 9.17) is 0 Å². The predicted molar refractivity (Wildman–Crippen MR) is 211 cm³/mol. The molecule has 0 amide bonds. The van der Waals surface area contributed by atoms with Crippen molar-refractivity contribution < 1.29 is 0 Å². The second-order valence-corrected chi connectivity index (χ2v) is 13.9. The second kappa shape index (κ2) is 11.9. The van der Waals surface area contributed by atoms with Gasteiger partial charge in [-0.1, -0.05) is 127 Å². The third kappa shape index (κ3) is 4.63. The lowest BCUT2D eigenvalue weighted by Gasteiger charge is -2.30. The van der Waals surface area contributed by atoms with Crippen LogP contribution < -0.4 is 4.90 Å². The molecule has 5 aromatic carbocycles. The topological polar surface area (TPSA) is 8.17 Å². The van der Waals surface area contributed by atoms with Gasteiger partial charge in [-0.25, -0.2) is 0 Å². The molecule has 2 heterocycles. The van der Waals surface area contributed by atoms with Crippen LogP contribution in [0.25, 0.3) is 38.6 Å². The van der Waals surface area contributed by atoms with E-state index in [9.17, 15) is 0 Å². The van der Waals surface area contributed by atoms with E-state index in [1.165, 1.54) is 72.3 Å². The van der Waals surface area contributed by atoms with E-state index >= 15 is 0 Å². The number of allylic oxidation sites excluding steroid dienone is 10. The number of hydrogen-bond acceptors (Lipinski definition) is 1. The zero-order valence-corrected chi connectivity index (χ0v) is 28.0. The molecule has 1 aliphatic heterocycles. The van der Waals surface area contributed by atoms with Crippen LogP contribution in [0.2, 0.25) is 0 Å². The quantitative estimate of drug-likeness (QED) is 0.182. The number of para-hydroxylation sites is 2. The molecule has 240 valence electrons. The standard InChI is InChI=1S/C48H38N2/c1-5-15-33(16-6-1)35-27-29-43-41(31-35)47-39(23-13-25-45(47)49(43)37-19-9-3-10-20-37)40-24-14-26-46-48(40)42-32-36(34-17-7-2-8-18-34)28-30-44(42)50(46)38-21-11-4-12-22-38/h1,3-7,9-15,17-33,42,44H,2,8,16H2. The average Bonchev–Trinajstić information content (AvgIpc) is 3.71. The Bertz CT molecular complexity index is 2470. The van der Waals surface area contributed by atoms with E-state index in [0.717, 1.165) is 19.3 Å². The van der Waals surface area contributed by atoms with E-state index in [0.29, 0.717) is 5.92 Å². The number of benzene rings is 5. The number of anilines is 2. The van der Waals surface area contributed by atoms with Crippen molar-refractivity contribution in [3.05, 3.63) is 198 Å². The minimum atomic E-state index is 0.202. The van der Waals surface area contributed by atoms with Gasteiger partial charge >= 0.3 is 0 Å². The van der Waals surface area contributed by atoms with Crippen LogP contribution in [0.1, 0.15) is 42.2 Å². The minimum absolute atomic E-state index is 0.202. The molecule has 0 spiro atoms. The van der Waals surface area contributed by atoms with Crippen molar-refractivity contribution >= 4 is 33.2 Å². The van der Waals surface area contributed by atoms with Crippen LogP contribution in [0.3, 0.4) is 0 Å². The maximum atomic E-state index is 2.56. The third-order valence-corrected chi connectivity index (χ3v) is 11.1. The molecule has 2 heteroatoms. The molecule has 6 aromatic rings. The summed E-state index contributed by atoms with van der Waals surface area (Å²) >= 11 is 0. The highest BCUT2D eigenvalue weighted by molar-refractivity contribution is 6.16. The maximum absolute atomic E-state index is 2.56. The zero-order valence-electron chi connectivity index (χ0n) is 28.0. The maximum Gasteiger partial charge on any atom is 0.0630 e. The highest BCUT2D eigenvalue weighted by Gasteiger charge is 2.40. The lowest BCUT2D eigenvalue weighted by molar-refractivity contribution is 0.740. The molecule has 50 heavy (non-hydrogen) atoms. The highest BCUT2D eigenvalue weighted by atomic mass is 15.2. The van der Waals surface area contributed by atoms with Gasteiger partial charge in [0, 0.05) is 39.7 Å². The third-order valence-electron chi connectivity index (χ3n) is 11.1. The zero-order chi connectivity index (χ0) is 33.0. The monoisotopic (exact) mass is 642 g/mol. The molecule has 0 N–H and O–H groups in total. The Morgan fingerprint density at radius 3 is 2.22 bits per heavy atom. The van der Waals surface area contributed by atoms with Crippen LogP contribution in [0.4, 0.5) is 11.4 Å². The number of rotatable bonds is 5. The Hall–Kier alpha value is -5.86. The van der Waals surface area contributed by atoms with E-state index in [1.54, 1.807) is 0 Å². The van der Waals surface area contributed by atoms with Crippen molar-refractivity contribution in [2.45, 2.75) is 37.1 Å². The molecule has 2 nitrogen and oxygen atoms in total. The van der Waals surface area contributed by atoms with Crippen LogP contribution in [0, 0.1) is 0 Å². The Kier molecular flexibility index (Phi) is 6.94. The average molecular weight is 643 g/mol. The molecule has 0 saturated heterocycles. The van der Waals surface area contributed by atoms with Gasteiger partial charge < -0.3 is 9.47 Å². The number of aromatic nitrogens is 1. The molecular formula is C48H38N2. The van der Waals surface area contributed by atoms with Gasteiger partial charge in [0.15, 0.2) is 0 Å². The van der Waals surface area contributed by atoms with Crippen molar-refractivity contribution in [2.24, 2.45) is 0 Å². The molecule has 4 aliphatic rings. The number of fused-ring (bicyclic) bond motifs is 6. The van der Waals surface area contributed by atoms with Gasteiger partial charge in [0.05, 0.1) is 17.1 Å². The van der Waals surface area contributed by atoms with Gasteiger partial charge in [0.25, 0.3) is 0 Å². The summed E-state index contributed by atoms with van der Waals surface area (Å²) in [5, 5.41) is 2.63. The van der Waals surface area contributed by atoms with Crippen LogP contribution in [0.15, 0.2) is 187 Å². The first-order valence-corrected chi connectivity index (χ1v) is 18.0. The SMILES string of the molecule is C1=CCC(c2ccc3c(c2)c2c(-c4cccc5c4C4C=C(C6=CCCC=C6)C=CC4N5c4ccccc4)cccc2n3-c2ccccc2)C=C1. The molecule has 0 fully saturated rings. The summed E-state index contributed by atoms with van der Waals surface area (Å²) in [6.45, 7) is 0. The lowest BCUT2D eigenvalue weighted by atomic mass is 9.82. The van der Waals surface area contributed by atoms with Crippen molar-refractivity contribution in [3.63, 3.8) is 0 Å². The first-order chi connectivity index (χ1) is 24.8. The largest absolute Gasteiger partial charge is 0.333 e. The van der Waals surface area contributed by atoms with Gasteiger partial charge in [-0.3, -0.25) is 0 Å². The first kappa shape index (κ1) is 29.1. The lowest BCUT2D eigenvalue weighted by Crippen LogP contribution is -2.29. The van der Waals surface area contributed by atoms with Gasteiger partial charge in [-0.05, 0) is 101 Å². The molecule has 0 bridgehead atoms. The van der Waals surface area contributed by atoms with Gasteiger partial charge in [0.2, 0.25) is 0 Å². The molecule has 0 radical (unpaired) electrons. The molecule has 10 rings (SSSR count). The molecular weight excluding hydrogens is 605 g/mol. The fourth-order valence-electron chi connectivity index (χ4n) is 8.83. The van der Waals surface area contributed by atoms with Crippen molar-refractivity contribution in [1.29, 1.82) is 0 Å². The predicted octanol–water partition coefficient (Wildman–Crippen LogP) is 12.4. The minimum Gasteiger partial charge on any atom is -0.333 e. The Labute approximate surface area is 294 Å². The normalized spacial score (nSPS) is 20.6. The van der Waals surface area contributed by atoms with Crippen LogP contribution in [0.5, 0.6) is 0 Å². The van der Waals surface area contributed by atoms with Gasteiger partial charge in [-0.15, -0.1) is 0 Å². The summed E-state index contributed by atoms with van der Waals surface area (Å²) in [4.78, 5) is 2.56. The molecule has 3 unspecified atom stereocenters. The summed E-state index contributed by atoms with van der Waals surface area (Å²) in [5.41, 5.74) is 14.3. The number of hydrogen-bond donors (Lipinski definition) is 0. The molecule has 3 aliphatic carbocycles. The van der Waals surface area contributed by atoms with E-state index in [2.05, 4.69) is 185 Å². The van der Waals surface area contributed by atoms with Crippen molar-refractivity contribution in [3.8, 4) is 16.8 Å². The van der Waals surface area contributed by atoms with Crippen LogP contribution in [-0.2, 0) is 0 Å². The highest BCUT2D eigenvalue weighted by Crippen LogP contribution is 2.53. The van der Waals surface area contributed by atoms with Gasteiger partial charge in [0.1, 0.15) is 0 Å². The first-order valence-electron chi connectivity index (χ1n) is 18.0. The van der Waals surface area contributed by atoms with Gasteiger partial charge in [-0.2, -0.15) is 0 Å². The van der Waals surface area contributed by atoms with E-state index in [1.807, 2.05) is 0 Å². The Morgan fingerprint density at radius 2 is 1.42 bits per heavy atom. The second-order valence-electron chi connectivity index (χ2n) is 13.9. The van der Waals surface area contributed by atoms with Crippen LogP contribution in [-0.4, -0.2) is 10.6 Å². The van der Waals surface area contributed by atoms with E-state index in [-0.39, 0.29) is 12.0 Å². The molecule has 0 saturated carbocycles.